The zero-order valence-electron chi connectivity index (χ0n) is 64.8. The third-order valence-electron chi connectivity index (χ3n) is 23.8. The van der Waals surface area contributed by atoms with Crippen LogP contribution in [0.4, 0.5) is 68.2 Å². The van der Waals surface area contributed by atoms with Crippen LogP contribution in [-0.4, -0.2) is 0 Å². The number of aryl methyl sites for hydroxylation is 2. The molecule has 1 unspecified atom stereocenters. The lowest BCUT2D eigenvalue weighted by atomic mass is 9.93. The van der Waals surface area contributed by atoms with Crippen LogP contribution in [0.25, 0.3) is 131 Å². The van der Waals surface area contributed by atoms with Crippen LogP contribution >= 0.6 is 0 Å². The molecular weight excluding hydrogens is 1420 g/mol. The molecule has 8 nitrogen and oxygen atoms in total. The quantitative estimate of drug-likeness (QED) is 0.0948. The maximum atomic E-state index is 6.95. The van der Waals surface area contributed by atoms with Crippen molar-refractivity contribution in [1.29, 1.82) is 0 Å². The molecule has 0 saturated carbocycles. The number of rotatable bonds is 16. The molecule has 0 saturated heterocycles. The van der Waals surface area contributed by atoms with E-state index in [1.54, 1.807) is 0 Å². The lowest BCUT2D eigenvalue weighted by molar-refractivity contribution is 0.634. The Kier molecular flexibility index (Phi) is 16.1. The maximum Gasteiger partial charge on any atom is 0.178 e. The summed E-state index contributed by atoms with van der Waals surface area (Å²) in [4.78, 5) is 9.36. The number of nitrogens with zero attached hydrogens (tertiary/aromatic N) is 4. The Labute approximate surface area is 670 Å². The third kappa shape index (κ3) is 11.8. The van der Waals surface area contributed by atoms with E-state index in [1.807, 2.05) is 0 Å². The number of benzene rings is 18. The van der Waals surface area contributed by atoms with Crippen molar-refractivity contribution in [3.63, 3.8) is 0 Å². The molecular formula is C108H78N4O4. The first kappa shape index (κ1) is 68.2. The second-order valence-electron chi connectivity index (χ2n) is 31.7. The first-order chi connectivity index (χ1) is 56.9. The minimum Gasteiger partial charge on any atom is -0.452 e. The van der Waals surface area contributed by atoms with Crippen LogP contribution < -0.4 is 19.6 Å². The van der Waals surface area contributed by atoms with Gasteiger partial charge in [0.15, 0.2) is 22.3 Å². The van der Waals surface area contributed by atoms with Gasteiger partial charge in [0.1, 0.15) is 22.3 Å². The number of fused-ring (bicyclic) bond motifs is 18. The Bertz CT molecular complexity index is 7610. The van der Waals surface area contributed by atoms with Gasteiger partial charge in [-0.2, -0.15) is 0 Å². The molecule has 8 heteroatoms. The fourth-order valence-corrected chi connectivity index (χ4v) is 17.8. The van der Waals surface area contributed by atoms with E-state index < -0.39 is 0 Å². The molecule has 22 aromatic rings. The Morgan fingerprint density at radius 2 is 0.483 bits per heavy atom. The summed E-state index contributed by atoms with van der Waals surface area (Å²) in [5.74, 6) is 0.668. The van der Waals surface area contributed by atoms with Crippen LogP contribution in [-0.2, 0) is 6.42 Å². The van der Waals surface area contributed by atoms with Crippen LogP contribution in [0.5, 0.6) is 0 Å². The molecule has 0 fully saturated rings. The summed E-state index contributed by atoms with van der Waals surface area (Å²) in [6, 6.07) is 130. The Morgan fingerprint density at radius 1 is 0.216 bits per heavy atom. The number of hydrogen-bond donors (Lipinski definition) is 0. The van der Waals surface area contributed by atoms with Crippen molar-refractivity contribution in [2.75, 3.05) is 19.6 Å². The molecule has 4 aromatic heterocycles. The van der Waals surface area contributed by atoms with Gasteiger partial charge in [-0.3, -0.25) is 0 Å². The topological polar surface area (TPSA) is 65.5 Å². The van der Waals surface area contributed by atoms with Crippen molar-refractivity contribution in [2.24, 2.45) is 0 Å². The zero-order chi connectivity index (χ0) is 77.4. The van der Waals surface area contributed by atoms with E-state index in [0.29, 0.717) is 5.92 Å². The highest BCUT2D eigenvalue weighted by molar-refractivity contribution is 6.23. The van der Waals surface area contributed by atoms with Crippen LogP contribution in [0.1, 0.15) is 60.4 Å². The first-order valence-corrected chi connectivity index (χ1v) is 40.1. The monoisotopic (exact) mass is 1490 g/mol. The molecule has 0 aliphatic carbocycles. The second-order valence-corrected chi connectivity index (χ2v) is 31.7. The van der Waals surface area contributed by atoms with Crippen LogP contribution in [0.15, 0.2) is 376 Å². The maximum absolute atomic E-state index is 6.95. The van der Waals surface area contributed by atoms with Gasteiger partial charge in [-0.1, -0.05) is 171 Å². The van der Waals surface area contributed by atoms with Crippen molar-refractivity contribution in [3.05, 3.63) is 386 Å². The van der Waals surface area contributed by atoms with Gasteiger partial charge >= 0.3 is 0 Å². The highest BCUT2D eigenvalue weighted by Gasteiger charge is 2.25. The first-order valence-electron chi connectivity index (χ1n) is 40.1. The molecule has 554 valence electrons. The Morgan fingerprint density at radius 3 is 0.802 bits per heavy atom. The van der Waals surface area contributed by atoms with Gasteiger partial charge < -0.3 is 37.3 Å². The van der Waals surface area contributed by atoms with Crippen molar-refractivity contribution < 1.29 is 17.7 Å². The predicted octanol–water partition coefficient (Wildman–Crippen LogP) is 31.9. The average molecular weight is 1500 g/mol. The number of anilines is 12. The van der Waals surface area contributed by atoms with E-state index in [2.05, 4.69) is 412 Å². The minimum atomic E-state index is 0.218. The minimum absolute atomic E-state index is 0.218. The molecule has 0 amide bonds. The van der Waals surface area contributed by atoms with Gasteiger partial charge in [0.25, 0.3) is 0 Å². The lowest BCUT2D eigenvalue weighted by Gasteiger charge is -2.27. The van der Waals surface area contributed by atoms with E-state index in [-0.39, 0.29) is 5.92 Å². The number of furan rings is 4. The summed E-state index contributed by atoms with van der Waals surface area (Å²) in [7, 11) is 0. The predicted molar refractivity (Wildman–Crippen MR) is 486 cm³/mol. The van der Waals surface area contributed by atoms with Gasteiger partial charge in [-0.25, -0.2) is 0 Å². The molecule has 0 spiro atoms. The van der Waals surface area contributed by atoms with Gasteiger partial charge in [0, 0.05) is 111 Å². The van der Waals surface area contributed by atoms with Gasteiger partial charge in [0.2, 0.25) is 0 Å². The SMILES string of the molecule is Cc1ccc(N(c2ccccc2)c2ccc3cc4c(cc3c2)oc2c4ccc3c4cc5ccc(N(c6ccc(C)cc6)c6cccc(CC(C)c7ccc(N(c8ccccc8)c8ccc9cc%10c(cc9c8)oc8c%10ccc9c%10cc%11ccc(N(c%12ccccc%12)c%12ccc(C(C)C)cc%12)cc%11cc%10oc98)cc7)c6)cc5cc4oc32)cc1. The highest BCUT2D eigenvalue weighted by Crippen LogP contribution is 2.48. The summed E-state index contributed by atoms with van der Waals surface area (Å²) < 4.78 is 27.7. The van der Waals surface area contributed by atoms with E-state index in [9.17, 15) is 0 Å². The molecule has 18 aromatic carbocycles. The summed E-state index contributed by atoms with van der Waals surface area (Å²) >= 11 is 0. The van der Waals surface area contributed by atoms with E-state index in [0.717, 1.165) is 206 Å². The van der Waals surface area contributed by atoms with Crippen molar-refractivity contribution >= 4 is 199 Å². The fourth-order valence-electron chi connectivity index (χ4n) is 17.8. The zero-order valence-corrected chi connectivity index (χ0v) is 64.8. The van der Waals surface area contributed by atoms with Crippen molar-refractivity contribution in [2.45, 2.75) is 52.9 Å². The molecule has 1 atom stereocenters. The van der Waals surface area contributed by atoms with Gasteiger partial charge in [-0.15, -0.1) is 0 Å². The normalized spacial score (nSPS) is 12.3. The van der Waals surface area contributed by atoms with Crippen LogP contribution in [0.2, 0.25) is 0 Å². The van der Waals surface area contributed by atoms with E-state index >= 15 is 0 Å². The highest BCUT2D eigenvalue weighted by atomic mass is 16.4. The second kappa shape index (κ2) is 27.4. The molecule has 0 N–H and O–H groups in total. The fraction of sp³-hybridized carbons (Fsp3) is 0.0741. The molecule has 4 heterocycles. The Hall–Kier alpha value is -14.6. The van der Waals surface area contributed by atoms with Crippen LogP contribution in [0, 0.1) is 13.8 Å². The van der Waals surface area contributed by atoms with Gasteiger partial charge in [-0.05, 0) is 310 Å². The lowest BCUT2D eigenvalue weighted by Crippen LogP contribution is -2.11. The van der Waals surface area contributed by atoms with E-state index in [4.69, 9.17) is 17.7 Å². The largest absolute Gasteiger partial charge is 0.452 e. The number of hydrogen-bond acceptors (Lipinski definition) is 8. The number of para-hydroxylation sites is 3. The average Bonchev–Trinajstić information content (AvgIpc) is 1.57. The summed E-state index contributed by atoms with van der Waals surface area (Å²) in [6.07, 6.45) is 0.848. The van der Waals surface area contributed by atoms with Crippen LogP contribution in [0.3, 0.4) is 0 Å². The van der Waals surface area contributed by atoms with Crippen molar-refractivity contribution in [1.82, 2.24) is 0 Å². The third-order valence-corrected chi connectivity index (χ3v) is 23.8. The smallest absolute Gasteiger partial charge is 0.178 e. The standard InChI is InChI=1S/C108H78N4O4/c1-66(2)71-28-40-86(41-29-71)110(82-19-11-7-12-20-82)90-45-33-74-59-98-94-48-49-95-99-60-75-34-46-91(56-79(75)64-103(99)115-106(95)105(94)114-102(98)63-78(74)55-90)111(83-21-13-8-14-22-83)87-42-30-72(31-43-87)69(5)52-70-16-15-23-88(53-70)112(85-38-26-68(4)27-39-85)92-47-35-76-61-100-96-51-50-93-97-58-73-32-44-89(109(81-17-9-6-10-18-81)84-36-24-67(3)25-37-84)54-77(73)62-101(97)113-107(93)108(96)116-104(100)65-80(76)57-92/h6-51,53-66,69H,52H2,1-5H3. The summed E-state index contributed by atoms with van der Waals surface area (Å²) in [5, 5.41) is 17.2. The molecule has 0 radical (unpaired) electrons. The molecule has 22 rings (SSSR count). The molecule has 0 bridgehead atoms. The molecule has 0 aliphatic heterocycles. The van der Waals surface area contributed by atoms with E-state index in [1.165, 1.54) is 27.8 Å². The molecule has 116 heavy (non-hydrogen) atoms. The summed E-state index contributed by atoms with van der Waals surface area (Å²) in [6.45, 7) is 11.1. The molecule has 0 aliphatic rings. The van der Waals surface area contributed by atoms with Gasteiger partial charge in [0.05, 0.1) is 0 Å². The van der Waals surface area contributed by atoms with Crippen molar-refractivity contribution in [3.8, 4) is 0 Å². The Balaban J connectivity index is 0.541. The summed E-state index contributed by atoms with van der Waals surface area (Å²) in [5.41, 5.74) is 25.5.